The number of carbonyl (C=O) groups excluding carboxylic acids is 2. The highest BCUT2D eigenvalue weighted by atomic mass is 79.9. The second-order valence-electron chi connectivity index (χ2n) is 3.99. The number of hydrogen-bond donors (Lipinski definition) is 1. The van der Waals surface area contributed by atoms with E-state index in [2.05, 4.69) is 21.2 Å². The van der Waals surface area contributed by atoms with E-state index < -0.39 is 0 Å². The summed E-state index contributed by atoms with van der Waals surface area (Å²) in [5.41, 5.74) is 1.85. The first-order valence-electron chi connectivity index (χ1n) is 5.40. The van der Waals surface area contributed by atoms with Crippen molar-refractivity contribution in [1.82, 2.24) is 10.2 Å². The van der Waals surface area contributed by atoms with Crippen molar-refractivity contribution < 1.29 is 9.59 Å². The Balaban J connectivity index is 2.27. The van der Waals surface area contributed by atoms with E-state index in [0.717, 1.165) is 11.3 Å². The molecule has 2 aliphatic rings. The van der Waals surface area contributed by atoms with E-state index in [-0.39, 0.29) is 16.8 Å². The predicted molar refractivity (Wildman–Crippen MR) is 68.6 cm³/mol. The molecule has 0 bridgehead atoms. The number of imide groups is 1. The zero-order valence-electron chi connectivity index (χ0n) is 9.44. The van der Waals surface area contributed by atoms with Gasteiger partial charge >= 0.3 is 6.03 Å². The molecule has 0 spiro atoms. The highest BCUT2D eigenvalue weighted by Gasteiger charge is 2.25. The van der Waals surface area contributed by atoms with Gasteiger partial charge in [0.1, 0.15) is 0 Å². The van der Waals surface area contributed by atoms with Crippen LogP contribution in [0.1, 0.15) is 13.3 Å². The number of rotatable bonds is 1. The third-order valence-electron chi connectivity index (χ3n) is 2.72. The van der Waals surface area contributed by atoms with Crippen LogP contribution in [0.2, 0.25) is 0 Å². The summed E-state index contributed by atoms with van der Waals surface area (Å²) in [6, 6.07) is -0.346. The summed E-state index contributed by atoms with van der Waals surface area (Å²) in [5, 5.41) is 2.32. The largest absolute Gasteiger partial charge is 0.328 e. The van der Waals surface area contributed by atoms with E-state index in [1.807, 2.05) is 31.2 Å². The molecule has 0 aromatic heterocycles. The summed E-state index contributed by atoms with van der Waals surface area (Å²) in [5.74, 6) is -0.212. The number of urea groups is 1. The van der Waals surface area contributed by atoms with Gasteiger partial charge in [0, 0.05) is 18.7 Å². The first kappa shape index (κ1) is 12.1. The number of amides is 3. The van der Waals surface area contributed by atoms with Crippen LogP contribution >= 0.6 is 15.9 Å². The van der Waals surface area contributed by atoms with Crippen molar-refractivity contribution in [1.29, 1.82) is 0 Å². The van der Waals surface area contributed by atoms with Crippen molar-refractivity contribution in [3.63, 3.8) is 0 Å². The molecule has 1 saturated heterocycles. The fourth-order valence-electron chi connectivity index (χ4n) is 1.80. The van der Waals surface area contributed by atoms with Gasteiger partial charge in [-0.15, -0.1) is 0 Å². The standard InChI is InChI=1S/C12H13BrN2O2/c1-8-2-3-9(13)4-5-10(8)15-7-6-11(16)14-12(15)17/h2-5,9H,6-7H2,1H3,(H,14,16,17). The lowest BCUT2D eigenvalue weighted by Crippen LogP contribution is -2.48. The minimum Gasteiger partial charge on any atom is -0.293 e. The third-order valence-corrected chi connectivity index (χ3v) is 3.33. The van der Waals surface area contributed by atoms with E-state index in [1.165, 1.54) is 0 Å². The molecular weight excluding hydrogens is 284 g/mol. The molecule has 1 fully saturated rings. The molecule has 1 aliphatic heterocycles. The second-order valence-corrected chi connectivity index (χ2v) is 5.04. The highest BCUT2D eigenvalue weighted by Crippen LogP contribution is 2.21. The van der Waals surface area contributed by atoms with Crippen LogP contribution in [0.5, 0.6) is 0 Å². The van der Waals surface area contributed by atoms with Gasteiger partial charge in [0.15, 0.2) is 0 Å². The molecule has 1 heterocycles. The van der Waals surface area contributed by atoms with Gasteiger partial charge in [-0.3, -0.25) is 15.0 Å². The summed E-state index contributed by atoms with van der Waals surface area (Å²) in [4.78, 5) is 24.6. The quantitative estimate of drug-likeness (QED) is 0.753. The molecule has 1 N–H and O–H groups in total. The number of alkyl halides is 1. The molecule has 1 aliphatic carbocycles. The predicted octanol–water partition coefficient (Wildman–Crippen LogP) is 2.09. The van der Waals surface area contributed by atoms with Crippen molar-refractivity contribution in [2.45, 2.75) is 18.2 Å². The number of carbonyl (C=O) groups is 2. The maximum Gasteiger partial charge on any atom is 0.328 e. The molecule has 0 aromatic rings. The van der Waals surface area contributed by atoms with Crippen LogP contribution in [0.15, 0.2) is 35.6 Å². The molecule has 3 amide bonds. The van der Waals surface area contributed by atoms with E-state index >= 15 is 0 Å². The van der Waals surface area contributed by atoms with Crippen molar-refractivity contribution >= 4 is 27.9 Å². The molecule has 1 atom stereocenters. The number of hydrogen-bond acceptors (Lipinski definition) is 2. The van der Waals surface area contributed by atoms with Gasteiger partial charge in [-0.25, -0.2) is 4.79 Å². The molecule has 0 radical (unpaired) electrons. The van der Waals surface area contributed by atoms with Gasteiger partial charge in [-0.05, 0) is 18.6 Å². The van der Waals surface area contributed by atoms with Crippen LogP contribution in [0, 0.1) is 0 Å². The molecule has 17 heavy (non-hydrogen) atoms. The lowest BCUT2D eigenvalue weighted by atomic mass is 10.2. The van der Waals surface area contributed by atoms with E-state index in [0.29, 0.717) is 13.0 Å². The Kier molecular flexibility index (Phi) is 3.47. The normalized spacial score (nSPS) is 25.1. The monoisotopic (exact) mass is 296 g/mol. The average molecular weight is 297 g/mol. The highest BCUT2D eigenvalue weighted by molar-refractivity contribution is 9.09. The van der Waals surface area contributed by atoms with Crippen molar-refractivity contribution in [2.24, 2.45) is 0 Å². The Bertz CT molecular complexity index is 451. The maximum absolute atomic E-state index is 11.7. The fraction of sp³-hybridized carbons (Fsp3) is 0.333. The SMILES string of the molecule is CC1=C(N2CCC(=O)NC2=O)C=CC(Br)C=C1. The zero-order chi connectivity index (χ0) is 12.4. The molecule has 0 saturated carbocycles. The average Bonchev–Trinajstić information content (AvgIpc) is 2.43. The van der Waals surface area contributed by atoms with Crippen molar-refractivity contribution in [3.05, 3.63) is 35.6 Å². The van der Waals surface area contributed by atoms with E-state index in [1.54, 1.807) is 4.90 Å². The van der Waals surface area contributed by atoms with Crippen LogP contribution < -0.4 is 5.32 Å². The molecule has 90 valence electrons. The van der Waals surface area contributed by atoms with Crippen LogP contribution in [0.25, 0.3) is 0 Å². The Hall–Kier alpha value is -1.36. The van der Waals surface area contributed by atoms with Crippen LogP contribution in [0.4, 0.5) is 4.79 Å². The number of nitrogens with one attached hydrogen (secondary N) is 1. The van der Waals surface area contributed by atoms with Gasteiger partial charge in [0.05, 0.1) is 4.83 Å². The topological polar surface area (TPSA) is 49.4 Å². The Morgan fingerprint density at radius 3 is 2.76 bits per heavy atom. The summed E-state index contributed by atoms with van der Waals surface area (Å²) < 4.78 is 0. The van der Waals surface area contributed by atoms with Crippen molar-refractivity contribution in [2.75, 3.05) is 6.54 Å². The minimum absolute atomic E-state index is 0.171. The summed E-state index contributed by atoms with van der Waals surface area (Å²) >= 11 is 3.47. The minimum atomic E-state index is -0.346. The fourth-order valence-corrected chi connectivity index (χ4v) is 2.10. The van der Waals surface area contributed by atoms with Crippen LogP contribution in [-0.4, -0.2) is 28.2 Å². The van der Waals surface area contributed by atoms with Crippen LogP contribution in [0.3, 0.4) is 0 Å². The first-order chi connectivity index (χ1) is 8.08. The van der Waals surface area contributed by atoms with Crippen molar-refractivity contribution in [3.8, 4) is 0 Å². The molecular formula is C12H13BrN2O2. The lowest BCUT2D eigenvalue weighted by Gasteiger charge is -2.28. The Morgan fingerprint density at radius 2 is 2.06 bits per heavy atom. The smallest absolute Gasteiger partial charge is 0.293 e. The molecule has 5 heteroatoms. The van der Waals surface area contributed by atoms with Gasteiger partial charge < -0.3 is 0 Å². The second kappa shape index (κ2) is 4.87. The molecule has 4 nitrogen and oxygen atoms in total. The van der Waals surface area contributed by atoms with E-state index in [4.69, 9.17) is 0 Å². The zero-order valence-corrected chi connectivity index (χ0v) is 11.0. The Morgan fingerprint density at radius 1 is 1.35 bits per heavy atom. The maximum atomic E-state index is 11.7. The van der Waals surface area contributed by atoms with Gasteiger partial charge in [-0.1, -0.05) is 34.2 Å². The molecule has 1 unspecified atom stereocenters. The molecule has 2 rings (SSSR count). The number of allylic oxidation sites excluding steroid dienone is 5. The number of halogens is 1. The summed E-state index contributed by atoms with van der Waals surface area (Å²) in [6.45, 7) is 2.38. The molecule has 0 aromatic carbocycles. The number of nitrogens with zero attached hydrogens (tertiary/aromatic N) is 1. The van der Waals surface area contributed by atoms with Crippen LogP contribution in [-0.2, 0) is 4.79 Å². The van der Waals surface area contributed by atoms with Gasteiger partial charge in [-0.2, -0.15) is 0 Å². The lowest BCUT2D eigenvalue weighted by molar-refractivity contribution is -0.121. The van der Waals surface area contributed by atoms with E-state index in [9.17, 15) is 9.59 Å². The Labute approximate surface area is 108 Å². The van der Waals surface area contributed by atoms with Gasteiger partial charge in [0.2, 0.25) is 5.91 Å². The third kappa shape index (κ3) is 2.66. The summed E-state index contributed by atoms with van der Waals surface area (Å²) in [6.07, 6.45) is 8.19. The van der Waals surface area contributed by atoms with Gasteiger partial charge in [0.25, 0.3) is 0 Å². The summed E-state index contributed by atoms with van der Waals surface area (Å²) in [7, 11) is 0. The first-order valence-corrected chi connectivity index (χ1v) is 6.32.